The molecule has 160 valence electrons. The first-order valence-electron chi connectivity index (χ1n) is 10.3. The number of nitrogens with zero attached hydrogens (tertiary/aromatic N) is 3. The number of aromatic hydroxyl groups is 1. The van der Waals surface area contributed by atoms with Crippen LogP contribution in [0, 0.1) is 0 Å². The van der Waals surface area contributed by atoms with Crippen LogP contribution in [-0.2, 0) is 7.05 Å². The summed E-state index contributed by atoms with van der Waals surface area (Å²) in [6.07, 6.45) is 0. The third-order valence-corrected chi connectivity index (χ3v) is 5.49. The normalized spacial score (nSPS) is 11.5. The van der Waals surface area contributed by atoms with Crippen molar-refractivity contribution >= 4 is 28.1 Å². The fraction of sp³-hybridized carbons (Fsp3) is 0.154. The number of aromatic nitrogens is 1. The lowest BCUT2D eigenvalue weighted by Crippen LogP contribution is -2.16. The molecule has 0 unspecified atom stereocenters. The summed E-state index contributed by atoms with van der Waals surface area (Å²) in [4.78, 5) is 25.3. The van der Waals surface area contributed by atoms with Crippen LogP contribution in [0.3, 0.4) is 0 Å². The molecule has 1 aromatic heterocycles. The van der Waals surface area contributed by atoms with Gasteiger partial charge in [0.25, 0.3) is 5.56 Å². The molecule has 0 saturated carbocycles. The minimum absolute atomic E-state index is 0.0789. The van der Waals surface area contributed by atoms with Gasteiger partial charge >= 0.3 is 0 Å². The summed E-state index contributed by atoms with van der Waals surface area (Å²) < 4.78 is 1.43. The molecule has 0 radical (unpaired) electrons. The van der Waals surface area contributed by atoms with Crippen molar-refractivity contribution in [3.8, 4) is 5.75 Å². The number of fused-ring (bicyclic) bond motifs is 1. The van der Waals surface area contributed by atoms with Crippen LogP contribution in [0.4, 0.5) is 11.4 Å². The number of azo groups is 1. The number of benzene rings is 3. The summed E-state index contributed by atoms with van der Waals surface area (Å²) in [5.41, 5.74) is 2.84. The van der Waals surface area contributed by atoms with Gasteiger partial charge in [0.15, 0.2) is 17.2 Å². The summed E-state index contributed by atoms with van der Waals surface area (Å²) in [6, 6.07) is 21.3. The Kier molecular flexibility index (Phi) is 5.69. The van der Waals surface area contributed by atoms with Crippen molar-refractivity contribution in [2.24, 2.45) is 17.3 Å². The van der Waals surface area contributed by atoms with E-state index in [1.165, 1.54) is 10.1 Å². The fourth-order valence-electron chi connectivity index (χ4n) is 3.53. The van der Waals surface area contributed by atoms with Crippen LogP contribution in [0.25, 0.3) is 10.9 Å². The van der Waals surface area contributed by atoms with E-state index in [1.807, 2.05) is 24.3 Å². The van der Waals surface area contributed by atoms with Gasteiger partial charge in [0.1, 0.15) is 0 Å². The third-order valence-electron chi connectivity index (χ3n) is 5.49. The molecule has 4 aromatic rings. The number of carbonyl (C=O) groups is 1. The number of carbonyl (C=O) groups excluding carboxylic acids is 1. The summed E-state index contributed by atoms with van der Waals surface area (Å²) in [7, 11) is 1.62. The van der Waals surface area contributed by atoms with E-state index in [-0.39, 0.29) is 17.2 Å². The first kappa shape index (κ1) is 21.2. The molecule has 0 atom stereocenters. The first-order valence-corrected chi connectivity index (χ1v) is 10.3. The summed E-state index contributed by atoms with van der Waals surface area (Å²) >= 11 is 0. The molecule has 6 nitrogen and oxygen atoms in total. The zero-order chi connectivity index (χ0) is 22.8. The number of aryl methyl sites for hydroxylation is 1. The monoisotopic (exact) mass is 425 g/mol. The Morgan fingerprint density at radius 3 is 2.09 bits per heavy atom. The topological polar surface area (TPSA) is 84.0 Å². The van der Waals surface area contributed by atoms with Crippen LogP contribution in [0.15, 0.2) is 87.8 Å². The maximum atomic E-state index is 12.7. The second-order valence-corrected chi connectivity index (χ2v) is 7.93. The SMILES string of the molecule is CC(C)c1ccc(C(=O)c2ccc(N=Nc3c(O)c4ccccc4n(C)c3=O)cc2)cc1. The van der Waals surface area contributed by atoms with Gasteiger partial charge in [0.2, 0.25) is 0 Å². The van der Waals surface area contributed by atoms with Gasteiger partial charge in [-0.2, -0.15) is 5.11 Å². The Morgan fingerprint density at radius 2 is 1.47 bits per heavy atom. The van der Waals surface area contributed by atoms with Crippen LogP contribution < -0.4 is 5.56 Å². The molecule has 0 aliphatic rings. The highest BCUT2D eigenvalue weighted by Crippen LogP contribution is 2.32. The number of pyridine rings is 1. The average Bonchev–Trinajstić information content (AvgIpc) is 2.82. The van der Waals surface area contributed by atoms with Crippen LogP contribution in [0.2, 0.25) is 0 Å². The largest absolute Gasteiger partial charge is 0.505 e. The molecule has 6 heteroatoms. The van der Waals surface area contributed by atoms with E-state index in [0.717, 1.165) is 0 Å². The summed E-state index contributed by atoms with van der Waals surface area (Å²) in [5.74, 6) is 0.122. The van der Waals surface area contributed by atoms with E-state index in [4.69, 9.17) is 0 Å². The second-order valence-electron chi connectivity index (χ2n) is 7.93. The molecule has 0 amide bonds. The molecule has 0 aliphatic carbocycles. The number of ketones is 1. The van der Waals surface area contributed by atoms with Crippen molar-refractivity contribution in [2.75, 3.05) is 0 Å². The third kappa shape index (κ3) is 3.95. The van der Waals surface area contributed by atoms with Crippen molar-refractivity contribution in [1.29, 1.82) is 0 Å². The number of rotatable bonds is 5. The van der Waals surface area contributed by atoms with E-state index in [9.17, 15) is 14.7 Å². The van der Waals surface area contributed by atoms with E-state index in [2.05, 4.69) is 24.1 Å². The molecule has 3 aromatic carbocycles. The van der Waals surface area contributed by atoms with E-state index in [1.54, 1.807) is 55.6 Å². The van der Waals surface area contributed by atoms with Gasteiger partial charge in [-0.25, -0.2) is 0 Å². The number of para-hydroxylation sites is 1. The highest BCUT2D eigenvalue weighted by Gasteiger charge is 2.14. The zero-order valence-corrected chi connectivity index (χ0v) is 18.1. The maximum absolute atomic E-state index is 12.7. The van der Waals surface area contributed by atoms with Crippen molar-refractivity contribution in [3.63, 3.8) is 0 Å². The lowest BCUT2D eigenvalue weighted by molar-refractivity contribution is 0.103. The van der Waals surface area contributed by atoms with Crippen molar-refractivity contribution < 1.29 is 9.90 Å². The molecule has 0 spiro atoms. The van der Waals surface area contributed by atoms with E-state index in [0.29, 0.717) is 33.6 Å². The molecule has 0 fully saturated rings. The second kappa shape index (κ2) is 8.59. The quantitative estimate of drug-likeness (QED) is 0.314. The molecule has 4 rings (SSSR count). The van der Waals surface area contributed by atoms with Crippen LogP contribution >= 0.6 is 0 Å². The lowest BCUT2D eigenvalue weighted by atomic mass is 9.98. The molecule has 32 heavy (non-hydrogen) atoms. The smallest absolute Gasteiger partial charge is 0.282 e. The summed E-state index contributed by atoms with van der Waals surface area (Å²) in [6.45, 7) is 4.22. The highest BCUT2D eigenvalue weighted by atomic mass is 16.3. The van der Waals surface area contributed by atoms with Crippen molar-refractivity contribution in [2.45, 2.75) is 19.8 Å². The van der Waals surface area contributed by atoms with Crippen molar-refractivity contribution in [3.05, 3.63) is 99.8 Å². The molecule has 1 N–H and O–H groups in total. The van der Waals surface area contributed by atoms with Crippen LogP contribution in [-0.4, -0.2) is 15.5 Å². The fourth-order valence-corrected chi connectivity index (χ4v) is 3.53. The van der Waals surface area contributed by atoms with Gasteiger partial charge in [-0.15, -0.1) is 5.11 Å². The van der Waals surface area contributed by atoms with Crippen LogP contribution in [0.1, 0.15) is 41.3 Å². The minimum atomic E-state index is -0.443. The van der Waals surface area contributed by atoms with E-state index < -0.39 is 5.56 Å². The Bertz CT molecular complexity index is 1380. The molecule has 0 saturated heterocycles. The van der Waals surface area contributed by atoms with Gasteiger partial charge < -0.3 is 9.67 Å². The lowest BCUT2D eigenvalue weighted by Gasteiger charge is -2.08. The summed E-state index contributed by atoms with van der Waals surface area (Å²) in [5, 5.41) is 19.1. The Balaban J connectivity index is 1.59. The maximum Gasteiger partial charge on any atom is 0.282 e. The zero-order valence-electron chi connectivity index (χ0n) is 18.1. The predicted molar refractivity (Wildman–Crippen MR) is 125 cm³/mol. The average molecular weight is 425 g/mol. The standard InChI is InChI=1S/C26H23N3O3/c1-16(2)17-8-10-18(11-9-17)24(30)19-12-14-20(15-13-19)27-28-23-25(31)21-6-4-5-7-22(21)29(3)26(23)32/h4-16,31H,1-3H3. The molecule has 0 aliphatic heterocycles. The molecule has 0 bridgehead atoms. The van der Waals surface area contributed by atoms with E-state index >= 15 is 0 Å². The molecular weight excluding hydrogens is 402 g/mol. The minimum Gasteiger partial charge on any atom is -0.505 e. The highest BCUT2D eigenvalue weighted by molar-refractivity contribution is 6.09. The van der Waals surface area contributed by atoms with Crippen molar-refractivity contribution in [1.82, 2.24) is 4.57 Å². The van der Waals surface area contributed by atoms with Gasteiger partial charge in [0, 0.05) is 23.6 Å². The van der Waals surface area contributed by atoms with Gasteiger partial charge in [-0.1, -0.05) is 50.2 Å². The van der Waals surface area contributed by atoms with Gasteiger partial charge in [0.05, 0.1) is 11.2 Å². The number of hydrogen-bond acceptors (Lipinski definition) is 5. The first-order chi connectivity index (χ1) is 15.4. The number of hydrogen-bond donors (Lipinski definition) is 1. The predicted octanol–water partition coefficient (Wildman–Crippen LogP) is 6.01. The molecular formula is C26H23N3O3. The van der Waals surface area contributed by atoms with Crippen LogP contribution in [0.5, 0.6) is 5.75 Å². The van der Waals surface area contributed by atoms with Gasteiger partial charge in [-0.3, -0.25) is 9.59 Å². The Morgan fingerprint density at radius 1 is 0.875 bits per heavy atom. The molecule has 1 heterocycles. The Hall–Kier alpha value is -4.06. The van der Waals surface area contributed by atoms with Gasteiger partial charge in [-0.05, 0) is 47.9 Å². The Labute approximate surface area is 185 Å².